The lowest BCUT2D eigenvalue weighted by Gasteiger charge is -2.23. The first-order valence-electron chi connectivity index (χ1n) is 5.15. The van der Waals surface area contributed by atoms with Crippen molar-refractivity contribution in [1.82, 2.24) is 0 Å². The molecule has 2 heteroatoms. The predicted molar refractivity (Wildman–Crippen MR) is 54.4 cm³/mol. The second-order valence-corrected chi connectivity index (χ2v) is 4.55. The van der Waals surface area contributed by atoms with Gasteiger partial charge in [-0.15, -0.1) is 0 Å². The van der Waals surface area contributed by atoms with Crippen molar-refractivity contribution in [3.8, 4) is 0 Å². The maximum Gasteiger partial charge on any atom is 0.0742 e. The highest BCUT2D eigenvalue weighted by atomic mass is 14.6. The maximum absolute atomic E-state index is 6.12. The summed E-state index contributed by atoms with van der Waals surface area (Å²) in [4.78, 5) is 0. The normalized spacial score (nSPS) is 39.7. The van der Waals surface area contributed by atoms with Crippen molar-refractivity contribution in [3.05, 3.63) is 0 Å². The van der Waals surface area contributed by atoms with Crippen LogP contribution < -0.4 is 5.73 Å². The molecule has 1 fully saturated rings. The third-order valence-electron chi connectivity index (χ3n) is 2.90. The van der Waals surface area contributed by atoms with Crippen LogP contribution in [0.15, 0.2) is 0 Å². The summed E-state index contributed by atoms with van der Waals surface area (Å²) in [6.45, 7) is 2.17. The molecule has 68 valence electrons. The van der Waals surface area contributed by atoms with Gasteiger partial charge in [0.15, 0.2) is 0 Å². The summed E-state index contributed by atoms with van der Waals surface area (Å²) in [5.41, 5.74) is 5.92. The molecule has 1 saturated carbocycles. The molecule has 1 aliphatic rings. The van der Waals surface area contributed by atoms with Crippen LogP contribution in [0.5, 0.6) is 0 Å². The fourth-order valence-electron chi connectivity index (χ4n) is 1.97. The number of rotatable bonds is 0. The first kappa shape index (κ1) is 10.1. The molecule has 0 saturated heterocycles. The summed E-state index contributed by atoms with van der Waals surface area (Å²) >= 11 is 0. The van der Waals surface area contributed by atoms with E-state index in [1.54, 1.807) is 0 Å². The highest BCUT2D eigenvalue weighted by Crippen LogP contribution is 2.35. The van der Waals surface area contributed by atoms with Crippen molar-refractivity contribution in [1.29, 1.82) is 0 Å². The molecule has 0 amide bonds. The monoisotopic (exact) mass is 165 g/mol. The minimum absolute atomic E-state index is 0.0735. The van der Waals surface area contributed by atoms with E-state index in [1.165, 1.54) is 32.1 Å². The third-order valence-corrected chi connectivity index (χ3v) is 2.90. The Bertz CT molecular complexity index is 134. The average molecular weight is 165 g/mol. The van der Waals surface area contributed by atoms with E-state index in [0.717, 1.165) is 12.8 Å². The van der Waals surface area contributed by atoms with Crippen molar-refractivity contribution in [2.24, 2.45) is 5.73 Å². The molecule has 2 radical (unpaired) electrons. The molecule has 0 aromatic heterocycles. The van der Waals surface area contributed by atoms with Gasteiger partial charge in [-0.3, -0.25) is 0 Å². The quantitative estimate of drug-likeness (QED) is 0.548. The van der Waals surface area contributed by atoms with Crippen LogP contribution in [0.25, 0.3) is 0 Å². The fourth-order valence-corrected chi connectivity index (χ4v) is 1.97. The van der Waals surface area contributed by atoms with Crippen LogP contribution in [0.2, 0.25) is 5.31 Å². The maximum atomic E-state index is 6.12. The molecule has 12 heavy (non-hydrogen) atoms. The zero-order valence-electron chi connectivity index (χ0n) is 8.18. The van der Waals surface area contributed by atoms with E-state index in [4.69, 9.17) is 13.6 Å². The Morgan fingerprint density at radius 1 is 1.17 bits per heavy atom. The Labute approximate surface area is 77.5 Å². The second-order valence-electron chi connectivity index (χ2n) is 4.55. The molecule has 2 atom stereocenters. The van der Waals surface area contributed by atoms with Gasteiger partial charge < -0.3 is 5.73 Å². The van der Waals surface area contributed by atoms with Gasteiger partial charge in [0.25, 0.3) is 0 Å². The van der Waals surface area contributed by atoms with E-state index < -0.39 is 0 Å². The van der Waals surface area contributed by atoms with Crippen molar-refractivity contribution < 1.29 is 0 Å². The smallest absolute Gasteiger partial charge is 0.0742 e. The number of hydrogen-bond donors (Lipinski definition) is 1. The second kappa shape index (κ2) is 4.31. The summed E-state index contributed by atoms with van der Waals surface area (Å²) in [5.74, 6) is 0. The Hall–Kier alpha value is 0.0249. The summed E-state index contributed by atoms with van der Waals surface area (Å²) in [6, 6.07) is 0.430. The van der Waals surface area contributed by atoms with Crippen molar-refractivity contribution >= 4 is 7.85 Å². The van der Waals surface area contributed by atoms with Crippen LogP contribution in [0, 0.1) is 0 Å². The molecule has 0 bridgehead atoms. The summed E-state index contributed by atoms with van der Waals surface area (Å²) < 4.78 is 0. The van der Waals surface area contributed by atoms with Gasteiger partial charge in [0.1, 0.15) is 0 Å². The minimum atomic E-state index is 0.0735. The molecule has 0 aromatic carbocycles. The molecule has 0 heterocycles. The van der Waals surface area contributed by atoms with E-state index in [-0.39, 0.29) is 5.31 Å². The largest absolute Gasteiger partial charge is 0.328 e. The predicted octanol–water partition coefficient (Wildman–Crippen LogP) is 2.41. The average Bonchev–Trinajstić information content (AvgIpc) is 2.02. The fraction of sp³-hybridized carbons (Fsp3) is 1.00. The van der Waals surface area contributed by atoms with Crippen LogP contribution in [0.1, 0.15) is 51.9 Å². The van der Waals surface area contributed by atoms with Crippen LogP contribution >= 0.6 is 0 Å². The molecule has 1 rings (SSSR count). The van der Waals surface area contributed by atoms with Gasteiger partial charge in [0.05, 0.1) is 7.85 Å². The summed E-state index contributed by atoms with van der Waals surface area (Å²) in [7, 11) is 6.12. The molecular formula is C10H20BN. The first-order chi connectivity index (χ1) is 5.60. The lowest BCUT2D eigenvalue weighted by molar-refractivity contribution is 0.484. The molecule has 2 N–H and O–H groups in total. The highest BCUT2D eigenvalue weighted by molar-refractivity contribution is 6.14. The van der Waals surface area contributed by atoms with Crippen LogP contribution in [-0.2, 0) is 0 Å². The standard InChI is InChI=1S/C10H20BN/c1-10(11)7-3-2-5-9(12)6-4-8-10/h9H,2-8,12H2,1H3. The zero-order valence-corrected chi connectivity index (χ0v) is 8.18. The number of nitrogens with two attached hydrogens (primary N) is 1. The van der Waals surface area contributed by atoms with Crippen LogP contribution in [-0.4, -0.2) is 13.9 Å². The van der Waals surface area contributed by atoms with E-state index in [0.29, 0.717) is 6.04 Å². The van der Waals surface area contributed by atoms with E-state index >= 15 is 0 Å². The van der Waals surface area contributed by atoms with E-state index in [9.17, 15) is 0 Å². The lowest BCUT2D eigenvalue weighted by Crippen LogP contribution is -2.19. The molecule has 0 aromatic rings. The Morgan fingerprint density at radius 3 is 2.50 bits per heavy atom. The molecule has 1 nitrogen and oxygen atoms in total. The van der Waals surface area contributed by atoms with Gasteiger partial charge in [-0.2, -0.15) is 0 Å². The van der Waals surface area contributed by atoms with E-state index in [1.807, 2.05) is 0 Å². The molecule has 1 aliphatic carbocycles. The van der Waals surface area contributed by atoms with Crippen LogP contribution in [0.4, 0.5) is 0 Å². The molecule has 0 spiro atoms. The van der Waals surface area contributed by atoms with Gasteiger partial charge in [-0.25, -0.2) is 0 Å². The van der Waals surface area contributed by atoms with Gasteiger partial charge >= 0.3 is 0 Å². The minimum Gasteiger partial charge on any atom is -0.328 e. The molecular weight excluding hydrogens is 145 g/mol. The third kappa shape index (κ3) is 3.62. The van der Waals surface area contributed by atoms with Crippen molar-refractivity contribution in [2.45, 2.75) is 63.2 Å². The highest BCUT2D eigenvalue weighted by Gasteiger charge is 2.18. The first-order valence-corrected chi connectivity index (χ1v) is 5.15. The SMILES string of the molecule is [B]C1(C)CCCCC(N)CCC1. The summed E-state index contributed by atoms with van der Waals surface area (Å²) in [6.07, 6.45) is 8.37. The van der Waals surface area contributed by atoms with Gasteiger partial charge in [0.2, 0.25) is 0 Å². The van der Waals surface area contributed by atoms with Crippen molar-refractivity contribution in [3.63, 3.8) is 0 Å². The molecule has 0 aliphatic heterocycles. The van der Waals surface area contributed by atoms with E-state index in [2.05, 4.69) is 6.92 Å². The topological polar surface area (TPSA) is 26.0 Å². The summed E-state index contributed by atoms with van der Waals surface area (Å²) in [5, 5.41) is 0.0735. The van der Waals surface area contributed by atoms with Gasteiger partial charge in [-0.05, 0) is 12.8 Å². The Kier molecular flexibility index (Phi) is 3.63. The van der Waals surface area contributed by atoms with Crippen LogP contribution in [0.3, 0.4) is 0 Å². The van der Waals surface area contributed by atoms with Gasteiger partial charge in [-0.1, -0.05) is 44.3 Å². The Balaban J connectivity index is 2.37. The lowest BCUT2D eigenvalue weighted by atomic mass is 9.64. The van der Waals surface area contributed by atoms with Crippen molar-refractivity contribution in [2.75, 3.05) is 0 Å². The Morgan fingerprint density at radius 2 is 1.75 bits per heavy atom. The molecule has 2 unspecified atom stereocenters. The van der Waals surface area contributed by atoms with Gasteiger partial charge in [0, 0.05) is 6.04 Å². The zero-order chi connectivity index (χ0) is 9.03. The number of hydrogen-bond acceptors (Lipinski definition) is 1.